The van der Waals surface area contributed by atoms with Crippen LogP contribution in [0.3, 0.4) is 0 Å². The lowest BCUT2D eigenvalue weighted by atomic mass is 9.98. The van der Waals surface area contributed by atoms with Crippen molar-refractivity contribution in [1.82, 2.24) is 14.9 Å². The van der Waals surface area contributed by atoms with Gasteiger partial charge in [-0.1, -0.05) is 0 Å². The Morgan fingerprint density at radius 3 is 2.42 bits per heavy atom. The molecule has 6 nitrogen and oxygen atoms in total. The number of guanidine groups is 1. The van der Waals surface area contributed by atoms with Gasteiger partial charge in [0, 0.05) is 33.2 Å². The number of hydrogen-bond donors (Lipinski definition) is 2. The van der Waals surface area contributed by atoms with E-state index in [4.69, 9.17) is 0 Å². The molecule has 0 aromatic heterocycles. The van der Waals surface area contributed by atoms with Crippen LogP contribution in [0.1, 0.15) is 19.3 Å². The molecule has 0 aliphatic carbocycles. The average Bonchev–Trinajstić information content (AvgIpc) is 2.53. The fraction of sp³-hybridized carbons (Fsp3) is 0.923. The highest BCUT2D eigenvalue weighted by Gasteiger charge is 2.50. The van der Waals surface area contributed by atoms with Crippen LogP contribution >= 0.6 is 11.8 Å². The van der Waals surface area contributed by atoms with Crippen molar-refractivity contribution in [2.24, 2.45) is 10.9 Å². The lowest BCUT2D eigenvalue weighted by molar-refractivity contribution is -0.0496. The van der Waals surface area contributed by atoms with Crippen molar-refractivity contribution in [3.8, 4) is 0 Å². The second-order valence-corrected chi connectivity index (χ2v) is 8.43. The first-order valence-electron chi connectivity index (χ1n) is 7.72. The average molecular weight is 390 g/mol. The first-order valence-corrected chi connectivity index (χ1v) is 10.6. The van der Waals surface area contributed by atoms with Gasteiger partial charge in [-0.05, 0) is 37.2 Å². The fourth-order valence-corrected chi connectivity index (χ4v) is 3.80. The fourth-order valence-electron chi connectivity index (χ4n) is 2.39. The van der Waals surface area contributed by atoms with Gasteiger partial charge in [0.15, 0.2) is 5.96 Å². The lowest BCUT2D eigenvalue weighted by Crippen LogP contribution is -2.47. The van der Waals surface area contributed by atoms with Crippen molar-refractivity contribution in [2.75, 3.05) is 45.2 Å². The highest BCUT2D eigenvalue weighted by Crippen LogP contribution is 2.30. The number of sulfonamides is 1. The molecular weight excluding hydrogens is 365 g/mol. The van der Waals surface area contributed by atoms with Crippen LogP contribution < -0.4 is 10.6 Å². The van der Waals surface area contributed by atoms with Crippen LogP contribution in [0.25, 0.3) is 0 Å². The number of thioether (sulfide) groups is 1. The van der Waals surface area contributed by atoms with Gasteiger partial charge in [0.05, 0.1) is 0 Å². The summed E-state index contributed by atoms with van der Waals surface area (Å²) < 4.78 is 60.8. The van der Waals surface area contributed by atoms with Crippen LogP contribution in [0.15, 0.2) is 4.99 Å². The second-order valence-electron chi connectivity index (χ2n) is 5.52. The SMILES string of the molecule is CN=C(NCCCSC)NCC1CCN(S(=O)(=O)C(F)(F)F)CC1. The molecule has 0 bridgehead atoms. The van der Waals surface area contributed by atoms with Gasteiger partial charge in [-0.25, -0.2) is 8.42 Å². The molecule has 0 saturated carbocycles. The van der Waals surface area contributed by atoms with E-state index >= 15 is 0 Å². The predicted molar refractivity (Wildman–Crippen MR) is 91.6 cm³/mol. The molecule has 1 fully saturated rings. The molecule has 0 amide bonds. The first kappa shape index (κ1) is 21.4. The summed E-state index contributed by atoms with van der Waals surface area (Å²) in [6.07, 6.45) is 3.84. The summed E-state index contributed by atoms with van der Waals surface area (Å²) in [5.74, 6) is 1.83. The van der Waals surface area contributed by atoms with Gasteiger partial charge in [0.1, 0.15) is 0 Å². The quantitative estimate of drug-likeness (QED) is 0.391. The minimum atomic E-state index is -5.22. The van der Waals surface area contributed by atoms with Gasteiger partial charge in [-0.3, -0.25) is 4.99 Å². The Balaban J connectivity index is 2.36. The Bertz CT molecular complexity index is 504. The third kappa shape index (κ3) is 6.32. The van der Waals surface area contributed by atoms with Gasteiger partial charge in [-0.15, -0.1) is 0 Å². The Morgan fingerprint density at radius 1 is 1.29 bits per heavy atom. The molecule has 0 aromatic carbocycles. The predicted octanol–water partition coefficient (Wildman–Crippen LogP) is 1.47. The number of rotatable bonds is 7. The van der Waals surface area contributed by atoms with E-state index in [-0.39, 0.29) is 19.0 Å². The van der Waals surface area contributed by atoms with Crippen molar-refractivity contribution in [3.05, 3.63) is 0 Å². The summed E-state index contributed by atoms with van der Waals surface area (Å²) >= 11 is 1.77. The third-order valence-electron chi connectivity index (χ3n) is 3.81. The Morgan fingerprint density at radius 2 is 1.92 bits per heavy atom. The molecule has 0 spiro atoms. The van der Waals surface area contributed by atoms with Gasteiger partial charge in [0.25, 0.3) is 0 Å². The smallest absolute Gasteiger partial charge is 0.356 e. The third-order valence-corrected chi connectivity index (χ3v) is 6.13. The van der Waals surface area contributed by atoms with Crippen LogP contribution in [0.2, 0.25) is 0 Å². The monoisotopic (exact) mass is 390 g/mol. The van der Waals surface area contributed by atoms with Crippen molar-refractivity contribution < 1.29 is 21.6 Å². The molecule has 1 aliphatic heterocycles. The summed E-state index contributed by atoms with van der Waals surface area (Å²) in [5.41, 5.74) is -5.22. The molecule has 0 radical (unpaired) electrons. The largest absolute Gasteiger partial charge is 0.511 e. The minimum Gasteiger partial charge on any atom is -0.356 e. The van der Waals surface area contributed by atoms with Crippen LogP contribution in [0, 0.1) is 5.92 Å². The van der Waals surface area contributed by atoms with Gasteiger partial charge < -0.3 is 10.6 Å². The molecule has 0 aromatic rings. The Labute approximate surface area is 145 Å². The first-order chi connectivity index (χ1) is 11.2. The molecule has 1 aliphatic rings. The molecular formula is C13H25F3N4O2S2. The normalized spacial score (nSPS) is 18.6. The van der Waals surface area contributed by atoms with E-state index in [0.717, 1.165) is 18.7 Å². The Hall–Kier alpha value is -0.680. The van der Waals surface area contributed by atoms with E-state index in [9.17, 15) is 21.6 Å². The van der Waals surface area contributed by atoms with Gasteiger partial charge in [0.2, 0.25) is 0 Å². The maximum Gasteiger partial charge on any atom is 0.511 e. The molecule has 0 atom stereocenters. The van der Waals surface area contributed by atoms with E-state index < -0.39 is 15.5 Å². The van der Waals surface area contributed by atoms with Crippen LogP contribution in [-0.2, 0) is 10.0 Å². The molecule has 1 saturated heterocycles. The Kier molecular flexibility index (Phi) is 8.65. The highest BCUT2D eigenvalue weighted by molar-refractivity contribution is 7.98. The summed E-state index contributed by atoms with van der Waals surface area (Å²) in [6.45, 7) is 1.15. The van der Waals surface area contributed by atoms with E-state index in [1.807, 2.05) is 6.26 Å². The molecule has 24 heavy (non-hydrogen) atoms. The number of nitrogens with one attached hydrogen (secondary N) is 2. The van der Waals surface area contributed by atoms with Crippen molar-refractivity contribution in [3.63, 3.8) is 0 Å². The van der Waals surface area contributed by atoms with Gasteiger partial charge in [-0.2, -0.15) is 29.2 Å². The maximum absolute atomic E-state index is 12.5. The number of aliphatic imine (C=N–C) groups is 1. The van der Waals surface area contributed by atoms with Crippen LogP contribution in [0.4, 0.5) is 13.2 Å². The lowest BCUT2D eigenvalue weighted by Gasteiger charge is -2.31. The number of nitrogens with zero attached hydrogens (tertiary/aromatic N) is 2. The van der Waals surface area contributed by atoms with E-state index in [1.54, 1.807) is 18.8 Å². The van der Waals surface area contributed by atoms with E-state index in [1.165, 1.54) is 0 Å². The van der Waals surface area contributed by atoms with E-state index in [2.05, 4.69) is 15.6 Å². The molecule has 142 valence electrons. The van der Waals surface area contributed by atoms with E-state index in [0.29, 0.717) is 29.7 Å². The van der Waals surface area contributed by atoms with Gasteiger partial charge >= 0.3 is 15.5 Å². The zero-order valence-electron chi connectivity index (χ0n) is 13.9. The summed E-state index contributed by atoms with van der Waals surface area (Å²) in [6, 6.07) is 0. The zero-order chi connectivity index (χ0) is 18.2. The number of piperidine rings is 1. The number of halogens is 3. The standard InChI is InChI=1S/C13H25F3N4O2S2/c1-17-12(18-6-3-9-23-2)19-10-11-4-7-20(8-5-11)24(21,22)13(14,15)16/h11H,3-10H2,1-2H3,(H2,17,18,19). The number of hydrogen-bond acceptors (Lipinski definition) is 4. The molecule has 0 unspecified atom stereocenters. The molecule has 11 heteroatoms. The van der Waals surface area contributed by atoms with Crippen molar-refractivity contribution in [1.29, 1.82) is 0 Å². The topological polar surface area (TPSA) is 73.8 Å². The summed E-state index contributed by atoms with van der Waals surface area (Å²) in [4.78, 5) is 4.09. The maximum atomic E-state index is 12.5. The zero-order valence-corrected chi connectivity index (χ0v) is 15.5. The summed E-state index contributed by atoms with van der Waals surface area (Å²) in [7, 11) is -3.55. The number of alkyl halides is 3. The molecule has 2 N–H and O–H groups in total. The highest BCUT2D eigenvalue weighted by atomic mass is 32.2. The van der Waals surface area contributed by atoms with Crippen molar-refractivity contribution in [2.45, 2.75) is 24.8 Å². The van der Waals surface area contributed by atoms with Crippen molar-refractivity contribution >= 4 is 27.7 Å². The molecule has 1 rings (SSSR count). The minimum absolute atomic E-state index is 0.103. The van der Waals surface area contributed by atoms with Crippen LogP contribution in [0.5, 0.6) is 0 Å². The summed E-state index contributed by atoms with van der Waals surface area (Å²) in [5, 5.41) is 6.31. The second kappa shape index (κ2) is 9.71. The van der Waals surface area contributed by atoms with Crippen LogP contribution in [-0.4, -0.2) is 69.4 Å². The molecule has 1 heterocycles.